The fraction of sp³-hybridized carbons (Fsp3) is 0.421. The van der Waals surface area contributed by atoms with Crippen molar-refractivity contribution in [1.82, 2.24) is 4.98 Å². The summed E-state index contributed by atoms with van der Waals surface area (Å²) in [6.45, 7) is 7.17. The van der Waals surface area contributed by atoms with Crippen LogP contribution in [0.5, 0.6) is 11.5 Å². The zero-order valence-corrected chi connectivity index (χ0v) is 15.2. The summed E-state index contributed by atoms with van der Waals surface area (Å²) >= 11 is 0. The van der Waals surface area contributed by atoms with E-state index in [0.29, 0.717) is 19.5 Å². The van der Waals surface area contributed by atoms with Gasteiger partial charge in [-0.05, 0) is 55.9 Å². The van der Waals surface area contributed by atoms with E-state index < -0.39 is 7.12 Å². The molecule has 0 amide bonds. The molecule has 0 spiro atoms. The van der Waals surface area contributed by atoms with Gasteiger partial charge in [-0.1, -0.05) is 6.07 Å². The summed E-state index contributed by atoms with van der Waals surface area (Å²) in [7, 11) is 0.960. The fourth-order valence-corrected chi connectivity index (χ4v) is 3.50. The van der Waals surface area contributed by atoms with Crippen LogP contribution in [0.2, 0.25) is 6.32 Å². The van der Waals surface area contributed by atoms with Crippen LogP contribution in [0.1, 0.15) is 29.7 Å². The summed E-state index contributed by atoms with van der Waals surface area (Å²) in [5.74, 6) is 1.62. The van der Waals surface area contributed by atoms with Crippen LogP contribution in [0.4, 0.5) is 0 Å². The van der Waals surface area contributed by atoms with Crippen LogP contribution in [-0.4, -0.2) is 37.4 Å². The monoisotopic (exact) mass is 341 g/mol. The molecule has 1 atom stereocenters. The van der Waals surface area contributed by atoms with Gasteiger partial charge in [0, 0.05) is 30.0 Å². The molecular formula is C19H24BNO4. The SMILES string of the molecule is CCOc1cc(-c2c(C)ncc(C3COB(O)C3)c2C)ccc1OC. The van der Waals surface area contributed by atoms with Crippen molar-refractivity contribution in [2.45, 2.75) is 33.0 Å². The molecule has 1 aromatic carbocycles. The smallest absolute Gasteiger partial charge is 0.454 e. The minimum atomic E-state index is -0.681. The molecule has 1 aliphatic rings. The van der Waals surface area contributed by atoms with E-state index in [2.05, 4.69) is 11.9 Å². The highest BCUT2D eigenvalue weighted by molar-refractivity contribution is 6.43. The molecule has 0 radical (unpaired) electrons. The summed E-state index contributed by atoms with van der Waals surface area (Å²) in [6, 6.07) is 5.96. The maximum absolute atomic E-state index is 9.67. The van der Waals surface area contributed by atoms with E-state index in [1.165, 1.54) is 5.56 Å². The number of hydrogen-bond donors (Lipinski definition) is 1. The zero-order chi connectivity index (χ0) is 18.0. The first-order valence-corrected chi connectivity index (χ1v) is 8.62. The number of aromatic nitrogens is 1. The maximum atomic E-state index is 9.67. The molecule has 0 bridgehead atoms. The van der Waals surface area contributed by atoms with Gasteiger partial charge in [0.2, 0.25) is 0 Å². The third-order valence-corrected chi connectivity index (χ3v) is 4.74. The van der Waals surface area contributed by atoms with Gasteiger partial charge < -0.3 is 19.2 Å². The predicted octanol–water partition coefficient (Wildman–Crippen LogP) is 3.37. The van der Waals surface area contributed by atoms with Crippen molar-refractivity contribution in [2.24, 2.45) is 0 Å². The average Bonchev–Trinajstić information content (AvgIpc) is 3.02. The normalized spacial score (nSPS) is 17.0. The predicted molar refractivity (Wildman–Crippen MR) is 98.3 cm³/mol. The Morgan fingerprint density at radius 1 is 1.32 bits per heavy atom. The van der Waals surface area contributed by atoms with Crippen LogP contribution < -0.4 is 9.47 Å². The van der Waals surface area contributed by atoms with Crippen LogP contribution in [0, 0.1) is 13.8 Å². The first-order chi connectivity index (χ1) is 12.0. The lowest BCUT2D eigenvalue weighted by Crippen LogP contribution is -2.08. The minimum absolute atomic E-state index is 0.173. The Kier molecular flexibility index (Phi) is 5.30. The summed E-state index contributed by atoms with van der Waals surface area (Å²) in [4.78, 5) is 4.59. The van der Waals surface area contributed by atoms with E-state index in [0.717, 1.165) is 33.9 Å². The Balaban J connectivity index is 2.06. The molecule has 1 aromatic heterocycles. The molecule has 25 heavy (non-hydrogen) atoms. The largest absolute Gasteiger partial charge is 0.493 e. The Morgan fingerprint density at radius 2 is 2.12 bits per heavy atom. The van der Waals surface area contributed by atoms with Crippen molar-refractivity contribution in [3.05, 3.63) is 41.2 Å². The van der Waals surface area contributed by atoms with Gasteiger partial charge in [0.25, 0.3) is 0 Å². The number of methoxy groups -OCH3 is 1. The highest BCUT2D eigenvalue weighted by atomic mass is 16.5. The molecule has 1 saturated heterocycles. The molecule has 5 nitrogen and oxygen atoms in total. The standard InChI is InChI=1S/C19H24BNO4/c1-5-24-18-8-14(6-7-17(18)23-4)19-12(2)16(10-21-13(19)3)15-9-20(22)25-11-15/h6-8,10,15,22H,5,9,11H2,1-4H3. The molecule has 2 aromatic rings. The third kappa shape index (κ3) is 3.50. The van der Waals surface area contributed by atoms with Gasteiger partial charge in [0.15, 0.2) is 11.5 Å². The quantitative estimate of drug-likeness (QED) is 0.845. The van der Waals surface area contributed by atoms with Gasteiger partial charge in [0.05, 0.1) is 13.7 Å². The van der Waals surface area contributed by atoms with Gasteiger partial charge >= 0.3 is 7.12 Å². The van der Waals surface area contributed by atoms with Gasteiger partial charge in [-0.2, -0.15) is 0 Å². The van der Waals surface area contributed by atoms with E-state index in [9.17, 15) is 5.02 Å². The number of rotatable bonds is 5. The van der Waals surface area contributed by atoms with Crippen molar-refractivity contribution in [2.75, 3.05) is 20.3 Å². The topological polar surface area (TPSA) is 60.8 Å². The first-order valence-electron chi connectivity index (χ1n) is 8.62. The van der Waals surface area contributed by atoms with Crippen molar-refractivity contribution >= 4 is 7.12 Å². The molecule has 1 aliphatic heterocycles. The van der Waals surface area contributed by atoms with Gasteiger partial charge in [-0.15, -0.1) is 0 Å². The lowest BCUT2D eigenvalue weighted by atomic mass is 9.78. The Bertz CT molecular complexity index is 765. The molecule has 1 N–H and O–H groups in total. The van der Waals surface area contributed by atoms with E-state index >= 15 is 0 Å². The van der Waals surface area contributed by atoms with Gasteiger partial charge in [-0.3, -0.25) is 4.98 Å². The fourth-order valence-electron chi connectivity index (χ4n) is 3.50. The number of benzene rings is 1. The highest BCUT2D eigenvalue weighted by Crippen LogP contribution is 2.38. The molecular weight excluding hydrogens is 317 g/mol. The number of hydrogen-bond acceptors (Lipinski definition) is 5. The van der Waals surface area contributed by atoms with Crippen molar-refractivity contribution < 1.29 is 19.2 Å². The summed E-state index contributed by atoms with van der Waals surface area (Å²) < 4.78 is 16.4. The lowest BCUT2D eigenvalue weighted by molar-refractivity contribution is 0.292. The molecule has 132 valence electrons. The number of nitrogens with zero attached hydrogens (tertiary/aromatic N) is 1. The molecule has 2 heterocycles. The van der Waals surface area contributed by atoms with E-state index in [1.54, 1.807) is 7.11 Å². The Morgan fingerprint density at radius 3 is 2.76 bits per heavy atom. The van der Waals surface area contributed by atoms with E-state index in [4.69, 9.17) is 14.1 Å². The van der Waals surface area contributed by atoms with Crippen LogP contribution in [0.15, 0.2) is 24.4 Å². The Hall–Kier alpha value is -2.05. The average molecular weight is 341 g/mol. The highest BCUT2D eigenvalue weighted by Gasteiger charge is 2.31. The van der Waals surface area contributed by atoms with Crippen LogP contribution in [-0.2, 0) is 4.65 Å². The zero-order valence-electron chi connectivity index (χ0n) is 15.2. The summed E-state index contributed by atoms with van der Waals surface area (Å²) in [6.07, 6.45) is 2.52. The number of aryl methyl sites for hydroxylation is 1. The van der Waals surface area contributed by atoms with E-state index in [1.807, 2.05) is 38.2 Å². The molecule has 1 fully saturated rings. The summed E-state index contributed by atoms with van der Waals surface area (Å²) in [5.41, 5.74) is 5.41. The summed E-state index contributed by atoms with van der Waals surface area (Å²) in [5, 5.41) is 9.67. The van der Waals surface area contributed by atoms with Gasteiger partial charge in [0.1, 0.15) is 0 Å². The second-order valence-corrected chi connectivity index (χ2v) is 6.32. The van der Waals surface area contributed by atoms with Crippen molar-refractivity contribution in [3.63, 3.8) is 0 Å². The second kappa shape index (κ2) is 7.46. The molecule has 6 heteroatoms. The molecule has 3 rings (SSSR count). The number of pyridine rings is 1. The lowest BCUT2D eigenvalue weighted by Gasteiger charge is -2.18. The van der Waals surface area contributed by atoms with Gasteiger partial charge in [-0.25, -0.2) is 0 Å². The first kappa shape index (κ1) is 17.8. The van der Waals surface area contributed by atoms with Crippen LogP contribution >= 0.6 is 0 Å². The minimum Gasteiger partial charge on any atom is -0.493 e. The van der Waals surface area contributed by atoms with Crippen LogP contribution in [0.3, 0.4) is 0 Å². The number of ether oxygens (including phenoxy) is 2. The second-order valence-electron chi connectivity index (χ2n) is 6.32. The van der Waals surface area contributed by atoms with Crippen molar-refractivity contribution in [3.8, 4) is 22.6 Å². The Labute approximate surface area is 149 Å². The molecule has 1 unspecified atom stereocenters. The van der Waals surface area contributed by atoms with Crippen molar-refractivity contribution in [1.29, 1.82) is 0 Å². The van der Waals surface area contributed by atoms with E-state index in [-0.39, 0.29) is 5.92 Å². The molecule has 0 aliphatic carbocycles. The maximum Gasteiger partial charge on any atom is 0.454 e. The third-order valence-electron chi connectivity index (χ3n) is 4.74. The van der Waals surface area contributed by atoms with Crippen LogP contribution in [0.25, 0.3) is 11.1 Å². The molecule has 0 saturated carbocycles.